The highest BCUT2D eigenvalue weighted by molar-refractivity contribution is 7.91. The number of benzene rings is 2. The number of rotatable bonds is 3. The van der Waals surface area contributed by atoms with Gasteiger partial charge < -0.3 is 4.90 Å². The standard InChI is InChI=1S/C20H19ClFNO3S/c21-17-7-3-2-6-16(17)19-11-12-23(13-14-27(19,25)26)20(24)10-9-15-5-1-4-8-18(15)22/h1-10,19H,11-14H2/b10-9+. The second-order valence-corrected chi connectivity index (χ2v) is 9.06. The van der Waals surface area contributed by atoms with Crippen LogP contribution in [-0.2, 0) is 14.6 Å². The molecule has 1 saturated heterocycles. The minimum Gasteiger partial charge on any atom is -0.338 e. The molecule has 0 saturated carbocycles. The van der Waals surface area contributed by atoms with Crippen molar-refractivity contribution in [3.63, 3.8) is 0 Å². The van der Waals surface area contributed by atoms with Gasteiger partial charge >= 0.3 is 0 Å². The van der Waals surface area contributed by atoms with Crippen molar-refractivity contribution in [3.8, 4) is 0 Å². The van der Waals surface area contributed by atoms with E-state index in [0.29, 0.717) is 16.1 Å². The second kappa shape index (κ2) is 8.23. The SMILES string of the molecule is O=C(/C=C/c1ccccc1F)N1CCC(c2ccccc2Cl)S(=O)(=O)CC1. The van der Waals surface area contributed by atoms with Crippen LogP contribution in [0, 0.1) is 5.82 Å². The predicted octanol–water partition coefficient (Wildman–Crippen LogP) is 3.88. The summed E-state index contributed by atoms with van der Waals surface area (Å²) in [5, 5.41) is -0.329. The molecule has 0 spiro atoms. The van der Waals surface area contributed by atoms with Crippen molar-refractivity contribution in [3.05, 3.63) is 76.6 Å². The van der Waals surface area contributed by atoms with E-state index >= 15 is 0 Å². The van der Waals surface area contributed by atoms with Gasteiger partial charge in [0.2, 0.25) is 5.91 Å². The summed E-state index contributed by atoms with van der Waals surface area (Å²) in [6.07, 6.45) is 2.95. The second-order valence-electron chi connectivity index (χ2n) is 6.35. The molecule has 2 aromatic rings. The quantitative estimate of drug-likeness (QED) is 0.725. The fourth-order valence-electron chi connectivity index (χ4n) is 3.13. The molecule has 1 heterocycles. The van der Waals surface area contributed by atoms with Crippen LogP contribution in [0.15, 0.2) is 54.6 Å². The van der Waals surface area contributed by atoms with Gasteiger partial charge in [-0.05, 0) is 30.2 Å². The Morgan fingerprint density at radius 2 is 1.81 bits per heavy atom. The minimum absolute atomic E-state index is 0.101. The van der Waals surface area contributed by atoms with Gasteiger partial charge in [0.05, 0.1) is 11.0 Å². The lowest BCUT2D eigenvalue weighted by atomic mass is 10.1. The Kier molecular flexibility index (Phi) is 5.97. The maximum atomic E-state index is 13.7. The largest absolute Gasteiger partial charge is 0.338 e. The molecule has 27 heavy (non-hydrogen) atoms. The number of sulfone groups is 1. The van der Waals surface area contributed by atoms with Gasteiger partial charge in [-0.1, -0.05) is 48.0 Å². The average molecular weight is 408 g/mol. The Morgan fingerprint density at radius 3 is 2.56 bits per heavy atom. The Hall–Kier alpha value is -2.18. The lowest BCUT2D eigenvalue weighted by molar-refractivity contribution is -0.125. The summed E-state index contributed by atoms with van der Waals surface area (Å²) >= 11 is 6.18. The molecule has 0 N–H and O–H groups in total. The molecule has 0 aliphatic carbocycles. The number of hydrogen-bond acceptors (Lipinski definition) is 3. The summed E-state index contributed by atoms with van der Waals surface area (Å²) in [5.74, 6) is -0.894. The first kappa shape index (κ1) is 19.6. The smallest absolute Gasteiger partial charge is 0.246 e. The van der Waals surface area contributed by atoms with Crippen LogP contribution >= 0.6 is 11.6 Å². The molecule has 142 valence electrons. The van der Waals surface area contributed by atoms with E-state index in [1.165, 1.54) is 23.1 Å². The molecule has 0 bridgehead atoms. The first-order chi connectivity index (χ1) is 12.9. The third kappa shape index (κ3) is 4.57. The van der Waals surface area contributed by atoms with Crippen LogP contribution in [0.1, 0.15) is 22.8 Å². The summed E-state index contributed by atoms with van der Waals surface area (Å²) < 4.78 is 39.0. The highest BCUT2D eigenvalue weighted by atomic mass is 35.5. The van der Waals surface area contributed by atoms with Crippen molar-refractivity contribution in [2.24, 2.45) is 0 Å². The van der Waals surface area contributed by atoms with E-state index in [-0.39, 0.29) is 31.2 Å². The lowest BCUT2D eigenvalue weighted by Crippen LogP contribution is -2.32. The first-order valence-corrected chi connectivity index (χ1v) is 10.7. The summed E-state index contributed by atoms with van der Waals surface area (Å²) in [5.41, 5.74) is 0.873. The van der Waals surface area contributed by atoms with Crippen molar-refractivity contribution < 1.29 is 17.6 Å². The zero-order valence-electron chi connectivity index (χ0n) is 14.5. The van der Waals surface area contributed by atoms with Crippen LogP contribution in [-0.4, -0.2) is 38.1 Å². The van der Waals surface area contributed by atoms with E-state index in [4.69, 9.17) is 11.6 Å². The van der Waals surface area contributed by atoms with Gasteiger partial charge in [0.1, 0.15) is 5.82 Å². The number of carbonyl (C=O) groups excluding carboxylic acids is 1. The van der Waals surface area contributed by atoms with Crippen LogP contribution in [0.5, 0.6) is 0 Å². The Balaban J connectivity index is 1.76. The maximum absolute atomic E-state index is 13.7. The van der Waals surface area contributed by atoms with E-state index in [9.17, 15) is 17.6 Å². The van der Waals surface area contributed by atoms with Crippen LogP contribution in [0.4, 0.5) is 4.39 Å². The predicted molar refractivity (Wildman–Crippen MR) is 105 cm³/mol. The Bertz CT molecular complexity index is 975. The minimum atomic E-state index is -3.44. The van der Waals surface area contributed by atoms with Gasteiger partial charge in [0.25, 0.3) is 0 Å². The molecular formula is C20H19ClFNO3S. The third-order valence-electron chi connectivity index (χ3n) is 4.61. The molecule has 3 rings (SSSR count). The molecule has 0 aromatic heterocycles. The van der Waals surface area contributed by atoms with Crippen molar-refractivity contribution in [2.75, 3.05) is 18.8 Å². The number of hydrogen-bond donors (Lipinski definition) is 0. The maximum Gasteiger partial charge on any atom is 0.246 e. The van der Waals surface area contributed by atoms with Gasteiger partial charge in [-0.2, -0.15) is 0 Å². The van der Waals surface area contributed by atoms with E-state index in [1.807, 2.05) is 0 Å². The Labute approximate surface area is 163 Å². The molecule has 1 aliphatic rings. The zero-order valence-corrected chi connectivity index (χ0v) is 16.1. The molecule has 1 fully saturated rings. The average Bonchev–Trinajstić information content (AvgIpc) is 2.79. The van der Waals surface area contributed by atoms with Gasteiger partial charge in [-0.15, -0.1) is 0 Å². The highest BCUT2D eigenvalue weighted by Gasteiger charge is 2.33. The van der Waals surface area contributed by atoms with Gasteiger partial charge in [-0.3, -0.25) is 4.79 Å². The monoisotopic (exact) mass is 407 g/mol. The summed E-state index contributed by atoms with van der Waals surface area (Å²) in [6.45, 7) is 0.388. The fourth-order valence-corrected chi connectivity index (χ4v) is 5.27. The van der Waals surface area contributed by atoms with Crippen molar-refractivity contribution in [1.82, 2.24) is 4.90 Å². The van der Waals surface area contributed by atoms with Gasteiger partial charge in [0, 0.05) is 29.8 Å². The fraction of sp³-hybridized carbons (Fsp3) is 0.250. The normalized spacial score (nSPS) is 19.8. The van der Waals surface area contributed by atoms with Gasteiger partial charge in [-0.25, -0.2) is 12.8 Å². The van der Waals surface area contributed by atoms with Gasteiger partial charge in [0.15, 0.2) is 9.84 Å². The van der Waals surface area contributed by atoms with Crippen LogP contribution < -0.4 is 0 Å². The summed E-state index contributed by atoms with van der Waals surface area (Å²) in [6, 6.07) is 13.0. The number of amides is 1. The molecule has 1 amide bonds. The topological polar surface area (TPSA) is 54.5 Å². The van der Waals surface area contributed by atoms with Crippen molar-refractivity contribution in [2.45, 2.75) is 11.7 Å². The van der Waals surface area contributed by atoms with E-state index in [1.54, 1.807) is 42.5 Å². The highest BCUT2D eigenvalue weighted by Crippen LogP contribution is 2.33. The molecule has 2 aromatic carbocycles. The molecule has 1 aliphatic heterocycles. The third-order valence-corrected chi connectivity index (χ3v) is 7.07. The zero-order chi connectivity index (χ0) is 19.4. The van der Waals surface area contributed by atoms with Crippen molar-refractivity contribution >= 4 is 33.4 Å². The van der Waals surface area contributed by atoms with Crippen LogP contribution in [0.25, 0.3) is 6.08 Å². The molecule has 7 heteroatoms. The lowest BCUT2D eigenvalue weighted by Gasteiger charge is -2.18. The summed E-state index contributed by atoms with van der Waals surface area (Å²) in [4.78, 5) is 13.9. The number of halogens is 2. The number of carbonyl (C=O) groups is 1. The van der Waals surface area contributed by atoms with E-state index < -0.39 is 20.9 Å². The molecule has 1 atom stereocenters. The van der Waals surface area contributed by atoms with Crippen LogP contribution in [0.3, 0.4) is 0 Å². The molecule has 1 unspecified atom stereocenters. The molecule has 4 nitrogen and oxygen atoms in total. The van der Waals surface area contributed by atoms with E-state index in [2.05, 4.69) is 0 Å². The van der Waals surface area contributed by atoms with E-state index in [0.717, 1.165) is 0 Å². The Morgan fingerprint density at radius 1 is 1.11 bits per heavy atom. The molecule has 0 radical (unpaired) electrons. The summed E-state index contributed by atoms with van der Waals surface area (Å²) in [7, 11) is -3.44. The molecular weight excluding hydrogens is 389 g/mol. The van der Waals surface area contributed by atoms with Crippen molar-refractivity contribution in [1.29, 1.82) is 0 Å². The first-order valence-electron chi connectivity index (χ1n) is 8.56. The van der Waals surface area contributed by atoms with Crippen LogP contribution in [0.2, 0.25) is 5.02 Å². The number of nitrogens with zero attached hydrogens (tertiary/aromatic N) is 1.